The van der Waals surface area contributed by atoms with Crippen molar-refractivity contribution in [2.75, 3.05) is 18.5 Å². The summed E-state index contributed by atoms with van der Waals surface area (Å²) in [4.78, 5) is 22.8. The summed E-state index contributed by atoms with van der Waals surface area (Å²) in [5, 5.41) is 11.4. The number of rotatable bonds is 5. The van der Waals surface area contributed by atoms with Crippen molar-refractivity contribution in [1.82, 2.24) is 0 Å². The summed E-state index contributed by atoms with van der Waals surface area (Å²) >= 11 is 0. The van der Waals surface area contributed by atoms with E-state index in [-0.39, 0.29) is 5.91 Å². The van der Waals surface area contributed by atoms with E-state index in [0.717, 1.165) is 6.42 Å². The molecule has 6 nitrogen and oxygen atoms in total. The molecule has 1 aromatic carbocycles. The fraction of sp³-hybridized carbons (Fsp3) is 0.429. The van der Waals surface area contributed by atoms with E-state index < -0.39 is 18.2 Å². The Morgan fingerprint density at radius 2 is 2.20 bits per heavy atom. The van der Waals surface area contributed by atoms with Gasteiger partial charge in [0.2, 0.25) is 0 Å². The Labute approximate surface area is 116 Å². The molecule has 1 fully saturated rings. The van der Waals surface area contributed by atoms with Crippen LogP contribution in [0.15, 0.2) is 24.3 Å². The molecule has 2 rings (SSSR count). The fourth-order valence-corrected chi connectivity index (χ4v) is 2.05. The second-order valence-electron chi connectivity index (χ2n) is 4.82. The molecule has 0 spiro atoms. The maximum Gasteiger partial charge on any atom is 0.341 e. The van der Waals surface area contributed by atoms with Gasteiger partial charge in [-0.05, 0) is 31.9 Å². The molecule has 1 amide bonds. The Bertz CT molecular complexity index is 508. The lowest BCUT2D eigenvalue weighted by Crippen LogP contribution is -2.39. The first-order valence-electron chi connectivity index (χ1n) is 6.40. The van der Waals surface area contributed by atoms with Crippen LogP contribution in [0.3, 0.4) is 0 Å². The average Bonchev–Trinajstić information content (AvgIpc) is 2.86. The van der Waals surface area contributed by atoms with Gasteiger partial charge in [0.05, 0.1) is 5.69 Å². The third-order valence-corrected chi connectivity index (χ3v) is 3.19. The highest BCUT2D eigenvalue weighted by Gasteiger charge is 2.38. The number of nitrogens with one attached hydrogen (secondary N) is 1. The summed E-state index contributed by atoms with van der Waals surface area (Å²) in [5.74, 6) is -0.997. The number of carboxylic acid groups (broad SMARTS) is 1. The molecular weight excluding hydrogens is 262 g/mol. The highest BCUT2D eigenvalue weighted by atomic mass is 16.5. The summed E-state index contributed by atoms with van der Waals surface area (Å²) in [5.41, 5.74) is -0.393. The van der Waals surface area contributed by atoms with Crippen LogP contribution in [0.2, 0.25) is 0 Å². The smallest absolute Gasteiger partial charge is 0.341 e. The minimum atomic E-state index is -1.07. The van der Waals surface area contributed by atoms with Crippen molar-refractivity contribution in [3.05, 3.63) is 24.3 Å². The quantitative estimate of drug-likeness (QED) is 0.856. The highest BCUT2D eigenvalue weighted by Crippen LogP contribution is 2.29. The van der Waals surface area contributed by atoms with Gasteiger partial charge in [0.1, 0.15) is 11.4 Å². The molecule has 108 valence electrons. The maximum absolute atomic E-state index is 12.2. The van der Waals surface area contributed by atoms with E-state index in [9.17, 15) is 9.59 Å². The minimum Gasteiger partial charge on any atom is -0.480 e. The van der Waals surface area contributed by atoms with Crippen LogP contribution in [0.1, 0.15) is 19.8 Å². The van der Waals surface area contributed by atoms with Gasteiger partial charge in [-0.25, -0.2) is 4.79 Å². The molecule has 0 aliphatic carbocycles. The number of amides is 1. The predicted molar refractivity (Wildman–Crippen MR) is 71.8 cm³/mol. The van der Waals surface area contributed by atoms with Crippen molar-refractivity contribution in [3.8, 4) is 5.75 Å². The molecular formula is C14H17NO5. The van der Waals surface area contributed by atoms with E-state index in [2.05, 4.69) is 5.32 Å². The average molecular weight is 279 g/mol. The van der Waals surface area contributed by atoms with Gasteiger partial charge < -0.3 is 19.9 Å². The number of carbonyl (C=O) groups is 2. The number of anilines is 1. The number of benzene rings is 1. The Morgan fingerprint density at radius 3 is 2.85 bits per heavy atom. The van der Waals surface area contributed by atoms with Gasteiger partial charge in [0, 0.05) is 6.61 Å². The molecule has 0 aromatic heterocycles. The van der Waals surface area contributed by atoms with Crippen LogP contribution in [-0.2, 0) is 14.3 Å². The lowest BCUT2D eigenvalue weighted by atomic mass is 10.0. The molecule has 1 unspecified atom stereocenters. The molecule has 6 heteroatoms. The number of carbonyl (C=O) groups excluding carboxylic acids is 1. The largest absolute Gasteiger partial charge is 0.480 e. The Morgan fingerprint density at radius 1 is 1.45 bits per heavy atom. The number of ether oxygens (including phenoxy) is 2. The zero-order chi connectivity index (χ0) is 14.6. The van der Waals surface area contributed by atoms with Crippen molar-refractivity contribution in [2.24, 2.45) is 0 Å². The first-order valence-corrected chi connectivity index (χ1v) is 6.40. The molecule has 0 saturated carbocycles. The predicted octanol–water partition coefficient (Wildman–Crippen LogP) is 1.66. The fourth-order valence-electron chi connectivity index (χ4n) is 2.05. The normalized spacial score (nSPS) is 21.4. The van der Waals surface area contributed by atoms with Crippen molar-refractivity contribution in [3.63, 3.8) is 0 Å². The molecule has 1 aliphatic heterocycles. The topological polar surface area (TPSA) is 84.9 Å². The molecule has 1 atom stereocenters. The van der Waals surface area contributed by atoms with E-state index in [4.69, 9.17) is 14.6 Å². The number of hydrogen-bond acceptors (Lipinski definition) is 4. The molecule has 20 heavy (non-hydrogen) atoms. The van der Waals surface area contributed by atoms with Crippen LogP contribution in [0.25, 0.3) is 0 Å². The summed E-state index contributed by atoms with van der Waals surface area (Å²) in [6.07, 6.45) is 1.51. The summed E-state index contributed by atoms with van der Waals surface area (Å²) in [7, 11) is 0. The second kappa shape index (κ2) is 5.92. The van der Waals surface area contributed by atoms with Crippen LogP contribution in [-0.4, -0.2) is 35.8 Å². The van der Waals surface area contributed by atoms with E-state index in [1.165, 1.54) is 0 Å². The maximum atomic E-state index is 12.2. The van der Waals surface area contributed by atoms with Gasteiger partial charge in [0.25, 0.3) is 5.91 Å². The first kappa shape index (κ1) is 14.3. The highest BCUT2D eigenvalue weighted by molar-refractivity contribution is 5.98. The van der Waals surface area contributed by atoms with Crippen molar-refractivity contribution >= 4 is 17.6 Å². The van der Waals surface area contributed by atoms with Crippen molar-refractivity contribution in [1.29, 1.82) is 0 Å². The first-order chi connectivity index (χ1) is 9.51. The minimum absolute atomic E-state index is 0.249. The van der Waals surface area contributed by atoms with E-state index >= 15 is 0 Å². The summed E-state index contributed by atoms with van der Waals surface area (Å²) in [6.45, 7) is 1.86. The van der Waals surface area contributed by atoms with Crippen molar-refractivity contribution < 1.29 is 24.2 Å². The van der Waals surface area contributed by atoms with Crippen LogP contribution in [0.4, 0.5) is 5.69 Å². The third kappa shape index (κ3) is 3.27. The zero-order valence-corrected chi connectivity index (χ0v) is 11.2. The lowest BCUT2D eigenvalue weighted by molar-refractivity contribution is -0.139. The van der Waals surface area contributed by atoms with Crippen molar-refractivity contribution in [2.45, 2.75) is 25.4 Å². The lowest BCUT2D eigenvalue weighted by Gasteiger charge is -2.22. The molecule has 1 aromatic rings. The van der Waals surface area contributed by atoms with Gasteiger partial charge in [-0.1, -0.05) is 12.1 Å². The zero-order valence-electron chi connectivity index (χ0n) is 11.2. The van der Waals surface area contributed by atoms with Crippen LogP contribution in [0, 0.1) is 0 Å². The summed E-state index contributed by atoms with van der Waals surface area (Å²) < 4.78 is 10.6. The molecule has 1 heterocycles. The molecule has 0 radical (unpaired) electrons. The monoisotopic (exact) mass is 279 g/mol. The van der Waals surface area contributed by atoms with Gasteiger partial charge in [-0.2, -0.15) is 0 Å². The third-order valence-electron chi connectivity index (χ3n) is 3.19. The number of para-hydroxylation sites is 2. The Kier molecular flexibility index (Phi) is 4.24. The summed E-state index contributed by atoms with van der Waals surface area (Å²) in [6, 6.07) is 6.71. The number of hydrogen-bond donors (Lipinski definition) is 2. The number of carboxylic acids is 1. The molecule has 1 aliphatic rings. The standard InChI is InChI=1S/C14H17NO5/c1-14(7-4-8-20-14)13(18)15-10-5-2-3-6-11(10)19-9-12(16)17/h2-3,5-6H,4,7-9H2,1H3,(H,15,18)(H,16,17). The van der Waals surface area contributed by atoms with Crippen LogP contribution < -0.4 is 10.1 Å². The van der Waals surface area contributed by atoms with E-state index in [1.54, 1.807) is 31.2 Å². The second-order valence-corrected chi connectivity index (χ2v) is 4.82. The van der Waals surface area contributed by atoms with Crippen LogP contribution in [0.5, 0.6) is 5.75 Å². The Hall–Kier alpha value is -2.08. The van der Waals surface area contributed by atoms with Crippen LogP contribution >= 0.6 is 0 Å². The Balaban J connectivity index is 2.08. The van der Waals surface area contributed by atoms with E-state index in [1.807, 2.05) is 0 Å². The molecule has 2 N–H and O–H groups in total. The van der Waals surface area contributed by atoms with Gasteiger partial charge in [0.15, 0.2) is 6.61 Å². The molecule has 1 saturated heterocycles. The van der Waals surface area contributed by atoms with Gasteiger partial charge >= 0.3 is 5.97 Å². The SMILES string of the molecule is CC1(C(=O)Nc2ccccc2OCC(=O)O)CCCO1. The molecule has 0 bridgehead atoms. The van der Waals surface area contributed by atoms with Gasteiger partial charge in [-0.15, -0.1) is 0 Å². The number of aliphatic carboxylic acids is 1. The van der Waals surface area contributed by atoms with Gasteiger partial charge in [-0.3, -0.25) is 4.79 Å². The van der Waals surface area contributed by atoms with E-state index in [0.29, 0.717) is 24.5 Å².